The summed E-state index contributed by atoms with van der Waals surface area (Å²) in [5.41, 5.74) is 3.77. The molecule has 4 aliphatic rings. The Labute approximate surface area is 136 Å². The highest BCUT2D eigenvalue weighted by atomic mass is 15.3. The quantitative estimate of drug-likeness (QED) is 0.604. The third kappa shape index (κ3) is 2.74. The van der Waals surface area contributed by atoms with E-state index in [4.69, 9.17) is 5.26 Å². The van der Waals surface area contributed by atoms with Crippen LogP contribution >= 0.6 is 0 Å². The van der Waals surface area contributed by atoms with E-state index in [0.717, 1.165) is 18.8 Å². The van der Waals surface area contributed by atoms with E-state index in [1.165, 1.54) is 11.1 Å². The van der Waals surface area contributed by atoms with Gasteiger partial charge in [0.1, 0.15) is 0 Å². The van der Waals surface area contributed by atoms with E-state index in [0.29, 0.717) is 18.5 Å². The first-order valence-electron chi connectivity index (χ1n) is 8.20. The van der Waals surface area contributed by atoms with Crippen LogP contribution in [0.2, 0.25) is 0 Å². The van der Waals surface area contributed by atoms with Crippen molar-refractivity contribution in [1.82, 2.24) is 26.2 Å². The number of rotatable bonds is 4. The summed E-state index contributed by atoms with van der Waals surface area (Å²) in [4.78, 5) is 2.21. The molecule has 4 N–H and O–H groups in total. The highest BCUT2D eigenvalue weighted by molar-refractivity contribution is 5.55. The SMILES string of the molecule is CC1NC2NC=CC2C(NC2=CC3=CN(CCC#N)CC3=C2)N1. The van der Waals surface area contributed by atoms with Gasteiger partial charge in [0, 0.05) is 30.9 Å². The van der Waals surface area contributed by atoms with Gasteiger partial charge in [0.15, 0.2) is 0 Å². The molecule has 4 atom stereocenters. The van der Waals surface area contributed by atoms with Crippen molar-refractivity contribution in [3.63, 3.8) is 0 Å². The van der Waals surface area contributed by atoms with E-state index >= 15 is 0 Å². The standard InChI is InChI=1S/C17H22N6/c1-11-20-16-15(3-5-19-16)17(21-11)22-14-7-12-9-23(6-2-4-18)10-13(12)8-14/h3,5,7-9,11,15-17,19-22H,2,6,10H2,1H3. The predicted molar refractivity (Wildman–Crippen MR) is 88.3 cm³/mol. The lowest BCUT2D eigenvalue weighted by Crippen LogP contribution is -2.67. The third-order valence-corrected chi connectivity index (χ3v) is 4.76. The summed E-state index contributed by atoms with van der Waals surface area (Å²) >= 11 is 0. The summed E-state index contributed by atoms with van der Waals surface area (Å²) in [6.07, 6.45) is 12.2. The Morgan fingerprint density at radius 1 is 1.39 bits per heavy atom. The Morgan fingerprint density at radius 2 is 2.30 bits per heavy atom. The molecule has 0 amide bonds. The van der Waals surface area contributed by atoms with Crippen molar-refractivity contribution in [3.05, 3.63) is 47.5 Å². The van der Waals surface area contributed by atoms with E-state index in [-0.39, 0.29) is 12.3 Å². The highest BCUT2D eigenvalue weighted by Crippen LogP contribution is 2.30. The maximum absolute atomic E-state index is 8.69. The van der Waals surface area contributed by atoms with Crippen LogP contribution in [-0.4, -0.2) is 36.5 Å². The minimum absolute atomic E-state index is 0.208. The second-order valence-electron chi connectivity index (χ2n) is 6.49. The largest absolute Gasteiger partial charge is 0.375 e. The summed E-state index contributed by atoms with van der Waals surface area (Å²) in [7, 11) is 0. The summed E-state index contributed by atoms with van der Waals surface area (Å²) in [6.45, 7) is 3.85. The van der Waals surface area contributed by atoms with Crippen LogP contribution < -0.4 is 21.3 Å². The van der Waals surface area contributed by atoms with Crippen LogP contribution in [0, 0.1) is 17.2 Å². The molecule has 0 radical (unpaired) electrons. The lowest BCUT2D eigenvalue weighted by atomic mass is 10.0. The molecule has 0 aromatic heterocycles. The molecule has 0 saturated carbocycles. The smallest absolute Gasteiger partial charge is 0.0877 e. The number of nitrogens with one attached hydrogen (secondary N) is 4. The van der Waals surface area contributed by atoms with Crippen LogP contribution in [0.15, 0.2) is 47.5 Å². The third-order valence-electron chi connectivity index (χ3n) is 4.76. The van der Waals surface area contributed by atoms with Gasteiger partial charge in [0.2, 0.25) is 0 Å². The van der Waals surface area contributed by atoms with Gasteiger partial charge in [0.05, 0.1) is 31.0 Å². The minimum atomic E-state index is 0.208. The molecule has 23 heavy (non-hydrogen) atoms. The zero-order chi connectivity index (χ0) is 15.8. The van der Waals surface area contributed by atoms with Crippen molar-refractivity contribution in [3.8, 4) is 6.07 Å². The lowest BCUT2D eigenvalue weighted by Gasteiger charge is -2.40. The van der Waals surface area contributed by atoms with Gasteiger partial charge in [-0.2, -0.15) is 5.26 Å². The first-order valence-corrected chi connectivity index (χ1v) is 8.20. The second-order valence-corrected chi connectivity index (χ2v) is 6.49. The van der Waals surface area contributed by atoms with E-state index in [1.807, 2.05) is 6.20 Å². The molecule has 1 aliphatic carbocycles. The first kappa shape index (κ1) is 14.4. The van der Waals surface area contributed by atoms with Crippen molar-refractivity contribution in [2.75, 3.05) is 13.1 Å². The fourth-order valence-corrected chi connectivity index (χ4v) is 3.68. The fraction of sp³-hybridized carbons (Fsp3) is 0.471. The van der Waals surface area contributed by atoms with Gasteiger partial charge in [-0.05, 0) is 36.4 Å². The Bertz CT molecular complexity index is 652. The Morgan fingerprint density at radius 3 is 3.13 bits per heavy atom. The van der Waals surface area contributed by atoms with Crippen molar-refractivity contribution in [2.45, 2.75) is 31.8 Å². The van der Waals surface area contributed by atoms with Gasteiger partial charge >= 0.3 is 0 Å². The predicted octanol–water partition coefficient (Wildman–Crippen LogP) is 0.437. The van der Waals surface area contributed by atoms with Crippen molar-refractivity contribution >= 4 is 0 Å². The molecule has 3 heterocycles. The molecule has 120 valence electrons. The first-order chi connectivity index (χ1) is 11.2. The average molecular weight is 310 g/mol. The van der Waals surface area contributed by atoms with Crippen LogP contribution in [0.5, 0.6) is 0 Å². The summed E-state index contributed by atoms with van der Waals surface area (Å²) in [6, 6.07) is 2.20. The van der Waals surface area contributed by atoms with E-state index in [1.54, 1.807) is 0 Å². The number of hydrogen-bond acceptors (Lipinski definition) is 6. The van der Waals surface area contributed by atoms with Crippen molar-refractivity contribution in [2.24, 2.45) is 5.92 Å². The molecule has 6 heteroatoms. The lowest BCUT2D eigenvalue weighted by molar-refractivity contribution is 0.183. The van der Waals surface area contributed by atoms with Gasteiger partial charge in [-0.1, -0.05) is 6.08 Å². The molecule has 4 rings (SSSR count). The fourth-order valence-electron chi connectivity index (χ4n) is 3.68. The van der Waals surface area contributed by atoms with Crippen molar-refractivity contribution < 1.29 is 0 Å². The van der Waals surface area contributed by atoms with Crippen molar-refractivity contribution in [1.29, 1.82) is 5.26 Å². The van der Waals surface area contributed by atoms with Crippen LogP contribution in [0.4, 0.5) is 0 Å². The molecule has 0 spiro atoms. The van der Waals surface area contributed by atoms with Crippen LogP contribution in [-0.2, 0) is 0 Å². The molecular formula is C17H22N6. The molecule has 6 nitrogen and oxygen atoms in total. The monoisotopic (exact) mass is 310 g/mol. The van der Waals surface area contributed by atoms with E-state index in [9.17, 15) is 0 Å². The summed E-state index contributed by atoms with van der Waals surface area (Å²) < 4.78 is 0. The number of nitriles is 1. The van der Waals surface area contributed by atoms with Gasteiger partial charge < -0.3 is 15.5 Å². The average Bonchev–Trinajstić information content (AvgIpc) is 3.18. The Hall–Kier alpha value is -2.23. The topological polar surface area (TPSA) is 75.1 Å². The van der Waals surface area contributed by atoms with Crippen LogP contribution in [0.1, 0.15) is 13.3 Å². The number of nitrogens with zero attached hydrogens (tertiary/aromatic N) is 2. The second kappa shape index (κ2) is 5.76. The summed E-state index contributed by atoms with van der Waals surface area (Å²) in [5, 5.41) is 22.8. The normalized spacial score (nSPS) is 34.1. The van der Waals surface area contributed by atoms with Gasteiger partial charge in [-0.15, -0.1) is 0 Å². The maximum Gasteiger partial charge on any atom is 0.0877 e. The molecule has 0 bridgehead atoms. The number of hydrogen-bond donors (Lipinski definition) is 4. The Balaban J connectivity index is 1.43. The molecule has 4 unspecified atom stereocenters. The van der Waals surface area contributed by atoms with Crippen LogP contribution in [0.3, 0.4) is 0 Å². The zero-order valence-corrected chi connectivity index (χ0v) is 13.2. The minimum Gasteiger partial charge on any atom is -0.375 e. The molecule has 0 aromatic rings. The van der Waals surface area contributed by atoms with E-state index < -0.39 is 0 Å². The molecule has 3 aliphatic heterocycles. The molecular weight excluding hydrogens is 288 g/mol. The summed E-state index contributed by atoms with van der Waals surface area (Å²) in [5.74, 6) is 0.382. The van der Waals surface area contributed by atoms with Gasteiger partial charge in [0.25, 0.3) is 0 Å². The number of fused-ring (bicyclic) bond motifs is 2. The molecule has 0 aromatic carbocycles. The molecule has 1 fully saturated rings. The highest BCUT2D eigenvalue weighted by Gasteiger charge is 2.36. The number of allylic oxidation sites excluding steroid dienone is 2. The Kier molecular flexibility index (Phi) is 3.60. The van der Waals surface area contributed by atoms with Gasteiger partial charge in [-0.25, -0.2) is 0 Å². The maximum atomic E-state index is 8.69. The zero-order valence-electron chi connectivity index (χ0n) is 13.2. The van der Waals surface area contributed by atoms with E-state index in [2.05, 4.69) is 63.6 Å². The molecule has 1 saturated heterocycles. The van der Waals surface area contributed by atoms with Crippen LogP contribution in [0.25, 0.3) is 0 Å². The van der Waals surface area contributed by atoms with Gasteiger partial charge in [-0.3, -0.25) is 10.6 Å².